The summed E-state index contributed by atoms with van der Waals surface area (Å²) < 4.78 is 0. The Hall–Kier alpha value is -0.980. The van der Waals surface area contributed by atoms with Gasteiger partial charge in [-0.1, -0.05) is 13.8 Å². The zero-order chi connectivity index (χ0) is 9.42. The van der Waals surface area contributed by atoms with Gasteiger partial charge in [-0.25, -0.2) is 0 Å². The Morgan fingerprint density at radius 3 is 2.69 bits per heavy atom. The predicted molar refractivity (Wildman–Crippen MR) is 54.2 cm³/mol. The summed E-state index contributed by atoms with van der Waals surface area (Å²) in [7, 11) is 0. The molecular weight excluding hydrogens is 160 g/mol. The van der Waals surface area contributed by atoms with Crippen molar-refractivity contribution in [3.05, 3.63) is 28.8 Å². The van der Waals surface area contributed by atoms with E-state index in [0.717, 1.165) is 6.42 Å². The van der Waals surface area contributed by atoms with Crippen LogP contribution < -0.4 is 0 Å². The second kappa shape index (κ2) is 3.06. The third-order valence-electron chi connectivity index (χ3n) is 2.86. The summed E-state index contributed by atoms with van der Waals surface area (Å²) in [6.07, 6.45) is 3.59. The van der Waals surface area contributed by atoms with Gasteiger partial charge in [0.15, 0.2) is 0 Å². The van der Waals surface area contributed by atoms with Crippen LogP contribution in [0.15, 0.2) is 12.1 Å². The van der Waals surface area contributed by atoms with E-state index in [1.54, 1.807) is 0 Å². The van der Waals surface area contributed by atoms with Crippen LogP contribution in [0.5, 0.6) is 5.75 Å². The van der Waals surface area contributed by atoms with Crippen LogP contribution in [0.3, 0.4) is 0 Å². The van der Waals surface area contributed by atoms with Crippen molar-refractivity contribution in [1.29, 1.82) is 0 Å². The topological polar surface area (TPSA) is 20.2 Å². The van der Waals surface area contributed by atoms with Gasteiger partial charge in [0.2, 0.25) is 0 Å². The maximum Gasteiger partial charge on any atom is 0.116 e. The maximum atomic E-state index is 9.53. The lowest BCUT2D eigenvalue weighted by Crippen LogP contribution is -1.95. The van der Waals surface area contributed by atoms with Gasteiger partial charge in [0, 0.05) is 0 Å². The number of hydrogen-bond donors (Lipinski definition) is 1. The third kappa shape index (κ3) is 1.43. The van der Waals surface area contributed by atoms with Crippen molar-refractivity contribution >= 4 is 0 Å². The zero-order valence-corrected chi connectivity index (χ0v) is 8.30. The number of aromatic hydroxyl groups is 1. The molecule has 1 aromatic rings. The quantitative estimate of drug-likeness (QED) is 0.697. The van der Waals surface area contributed by atoms with Gasteiger partial charge in [-0.3, -0.25) is 0 Å². The van der Waals surface area contributed by atoms with Crippen LogP contribution in [-0.2, 0) is 12.8 Å². The molecule has 13 heavy (non-hydrogen) atoms. The van der Waals surface area contributed by atoms with Crippen molar-refractivity contribution in [2.24, 2.45) is 0 Å². The molecule has 0 unspecified atom stereocenters. The molecule has 1 N–H and O–H groups in total. The fourth-order valence-electron chi connectivity index (χ4n) is 2.24. The van der Waals surface area contributed by atoms with Crippen LogP contribution >= 0.6 is 0 Å². The van der Waals surface area contributed by atoms with Crippen molar-refractivity contribution in [2.75, 3.05) is 0 Å². The monoisotopic (exact) mass is 176 g/mol. The fraction of sp³-hybridized carbons (Fsp3) is 0.500. The van der Waals surface area contributed by atoms with Crippen LogP contribution in [0, 0.1) is 0 Å². The summed E-state index contributed by atoms with van der Waals surface area (Å²) >= 11 is 0. The molecule has 0 amide bonds. The van der Waals surface area contributed by atoms with Crippen molar-refractivity contribution in [1.82, 2.24) is 0 Å². The summed E-state index contributed by atoms with van der Waals surface area (Å²) in [6, 6.07) is 3.85. The van der Waals surface area contributed by atoms with Crippen molar-refractivity contribution in [2.45, 2.75) is 39.0 Å². The summed E-state index contributed by atoms with van der Waals surface area (Å²) in [5, 5.41) is 9.53. The summed E-state index contributed by atoms with van der Waals surface area (Å²) in [5.74, 6) is 0.961. The van der Waals surface area contributed by atoms with E-state index in [1.807, 2.05) is 12.1 Å². The number of rotatable bonds is 1. The molecule has 0 aromatic heterocycles. The van der Waals surface area contributed by atoms with Crippen molar-refractivity contribution < 1.29 is 5.11 Å². The van der Waals surface area contributed by atoms with Crippen LogP contribution in [0.1, 0.15) is 42.9 Å². The molecule has 0 aliphatic heterocycles. The zero-order valence-electron chi connectivity index (χ0n) is 8.30. The van der Waals surface area contributed by atoms with Gasteiger partial charge in [0.25, 0.3) is 0 Å². The smallest absolute Gasteiger partial charge is 0.116 e. The minimum Gasteiger partial charge on any atom is -0.508 e. The molecule has 70 valence electrons. The molecule has 0 heterocycles. The van der Waals surface area contributed by atoms with E-state index in [2.05, 4.69) is 13.8 Å². The Balaban J connectivity index is 2.55. The van der Waals surface area contributed by atoms with Gasteiger partial charge in [-0.05, 0) is 54.0 Å². The highest BCUT2D eigenvalue weighted by Gasteiger charge is 2.17. The average Bonchev–Trinajstić information content (AvgIpc) is 2.49. The van der Waals surface area contributed by atoms with Gasteiger partial charge < -0.3 is 5.11 Å². The highest BCUT2D eigenvalue weighted by molar-refractivity contribution is 5.45. The van der Waals surface area contributed by atoms with E-state index in [0.29, 0.717) is 11.7 Å². The normalized spacial score (nSPS) is 15.0. The Morgan fingerprint density at radius 1 is 1.23 bits per heavy atom. The average molecular weight is 176 g/mol. The second-order valence-electron chi connectivity index (χ2n) is 4.18. The number of aryl methyl sites for hydroxylation is 1. The Labute approximate surface area is 79.4 Å². The molecule has 0 atom stereocenters. The highest BCUT2D eigenvalue weighted by Crippen LogP contribution is 2.33. The van der Waals surface area contributed by atoms with Crippen LogP contribution in [0.2, 0.25) is 0 Å². The van der Waals surface area contributed by atoms with E-state index in [-0.39, 0.29) is 0 Å². The van der Waals surface area contributed by atoms with Crippen LogP contribution in [0.4, 0.5) is 0 Å². The number of phenols is 1. The molecular formula is C12H16O. The van der Waals surface area contributed by atoms with E-state index >= 15 is 0 Å². The summed E-state index contributed by atoms with van der Waals surface area (Å²) in [4.78, 5) is 0. The number of benzene rings is 1. The Morgan fingerprint density at radius 2 is 2.00 bits per heavy atom. The lowest BCUT2D eigenvalue weighted by Gasteiger charge is -2.12. The van der Waals surface area contributed by atoms with E-state index in [9.17, 15) is 5.11 Å². The standard InChI is InChI=1S/C12H16O/c1-8(2)12-7-10(13)6-9-4-3-5-11(9)12/h6-8,13H,3-5H2,1-2H3. The lowest BCUT2D eigenvalue weighted by atomic mass is 9.94. The van der Waals surface area contributed by atoms with Gasteiger partial charge in [-0.15, -0.1) is 0 Å². The fourth-order valence-corrected chi connectivity index (χ4v) is 2.24. The van der Waals surface area contributed by atoms with Crippen molar-refractivity contribution in [3.63, 3.8) is 0 Å². The molecule has 1 aliphatic carbocycles. The second-order valence-corrected chi connectivity index (χ2v) is 4.18. The first-order valence-electron chi connectivity index (χ1n) is 5.03. The highest BCUT2D eigenvalue weighted by atomic mass is 16.3. The van der Waals surface area contributed by atoms with Crippen LogP contribution in [-0.4, -0.2) is 5.11 Å². The number of phenolic OH excluding ortho intramolecular Hbond substituents is 1. The Bertz CT molecular complexity index is 326. The first kappa shape index (κ1) is 8.61. The van der Waals surface area contributed by atoms with Crippen LogP contribution in [0.25, 0.3) is 0 Å². The van der Waals surface area contributed by atoms with Gasteiger partial charge in [-0.2, -0.15) is 0 Å². The molecule has 0 radical (unpaired) electrons. The van der Waals surface area contributed by atoms with E-state index < -0.39 is 0 Å². The molecule has 1 nitrogen and oxygen atoms in total. The maximum absolute atomic E-state index is 9.53. The Kier molecular flexibility index (Phi) is 2.03. The van der Waals surface area contributed by atoms with Gasteiger partial charge >= 0.3 is 0 Å². The number of fused-ring (bicyclic) bond motifs is 1. The summed E-state index contributed by atoms with van der Waals surface area (Å²) in [6.45, 7) is 4.38. The molecule has 1 aromatic carbocycles. The first-order chi connectivity index (χ1) is 6.18. The largest absolute Gasteiger partial charge is 0.508 e. The molecule has 1 heteroatoms. The molecule has 0 saturated carbocycles. The minimum absolute atomic E-state index is 0.435. The predicted octanol–water partition coefficient (Wildman–Crippen LogP) is 3.00. The van der Waals surface area contributed by atoms with E-state index in [1.165, 1.54) is 29.5 Å². The van der Waals surface area contributed by atoms with Gasteiger partial charge in [0.1, 0.15) is 5.75 Å². The SMILES string of the molecule is CC(C)c1cc(O)cc2c1CCC2. The minimum atomic E-state index is 0.435. The third-order valence-corrected chi connectivity index (χ3v) is 2.86. The number of hydrogen-bond acceptors (Lipinski definition) is 1. The molecule has 0 bridgehead atoms. The first-order valence-corrected chi connectivity index (χ1v) is 5.03. The molecule has 1 aliphatic rings. The molecule has 2 rings (SSSR count). The van der Waals surface area contributed by atoms with Crippen molar-refractivity contribution in [3.8, 4) is 5.75 Å². The summed E-state index contributed by atoms with van der Waals surface area (Å²) in [5.41, 5.74) is 4.20. The molecule has 0 saturated heterocycles. The molecule has 0 fully saturated rings. The van der Waals surface area contributed by atoms with E-state index in [4.69, 9.17) is 0 Å². The van der Waals surface area contributed by atoms with Gasteiger partial charge in [0.05, 0.1) is 0 Å². The molecule has 0 spiro atoms. The lowest BCUT2D eigenvalue weighted by molar-refractivity contribution is 0.473.